The van der Waals surface area contributed by atoms with Gasteiger partial charge in [0.1, 0.15) is 0 Å². The number of hydrogen-bond acceptors (Lipinski definition) is 3. The molecule has 2 atom stereocenters. The lowest BCUT2D eigenvalue weighted by molar-refractivity contribution is 0.513. The van der Waals surface area contributed by atoms with E-state index < -0.39 is 0 Å². The summed E-state index contributed by atoms with van der Waals surface area (Å²) in [7, 11) is 0. The highest BCUT2D eigenvalue weighted by atomic mass is 32.2. The normalized spacial score (nSPS) is 20.2. The van der Waals surface area contributed by atoms with Gasteiger partial charge in [-0.3, -0.25) is 0 Å². The summed E-state index contributed by atoms with van der Waals surface area (Å²) in [5, 5.41) is 3.67. The lowest BCUT2D eigenvalue weighted by atomic mass is 10.0. The number of thioether (sulfide) groups is 2. The molecule has 1 aromatic carbocycles. The first-order valence-electron chi connectivity index (χ1n) is 6.25. The van der Waals surface area contributed by atoms with Gasteiger partial charge in [0.05, 0.1) is 0 Å². The first kappa shape index (κ1) is 13.3. The highest BCUT2D eigenvalue weighted by Gasteiger charge is 2.22. The summed E-state index contributed by atoms with van der Waals surface area (Å²) >= 11 is 3.93. The Hall–Kier alpha value is -0.120. The van der Waals surface area contributed by atoms with Crippen LogP contribution < -0.4 is 5.32 Å². The summed E-state index contributed by atoms with van der Waals surface area (Å²) in [5.41, 5.74) is 1.54. The fraction of sp³-hybridized carbons (Fsp3) is 0.571. The summed E-state index contributed by atoms with van der Waals surface area (Å²) in [5.74, 6) is 3.19. The molecule has 0 saturated heterocycles. The van der Waals surface area contributed by atoms with Crippen molar-refractivity contribution in [2.75, 3.05) is 24.3 Å². The molecule has 1 aliphatic rings. The van der Waals surface area contributed by atoms with E-state index in [1.54, 1.807) is 5.56 Å². The van der Waals surface area contributed by atoms with Crippen LogP contribution in [0.3, 0.4) is 0 Å². The summed E-state index contributed by atoms with van der Waals surface area (Å²) in [6, 6.07) is 9.48. The summed E-state index contributed by atoms with van der Waals surface area (Å²) < 4.78 is 0. The van der Waals surface area contributed by atoms with Crippen molar-refractivity contribution in [3.8, 4) is 0 Å². The minimum Gasteiger partial charge on any atom is -0.314 e. The summed E-state index contributed by atoms with van der Waals surface area (Å²) in [6.45, 7) is 3.42. The second kappa shape index (κ2) is 6.72. The first-order valence-corrected chi connectivity index (χ1v) is 8.63. The third kappa shape index (κ3) is 3.67. The second-order valence-electron chi connectivity index (χ2n) is 4.64. The Morgan fingerprint density at radius 3 is 3.12 bits per heavy atom. The molecule has 0 aromatic heterocycles. The minimum absolute atomic E-state index is 0.639. The molecule has 94 valence electrons. The van der Waals surface area contributed by atoms with Gasteiger partial charge in [0, 0.05) is 29.2 Å². The summed E-state index contributed by atoms with van der Waals surface area (Å²) in [6.07, 6.45) is 3.44. The van der Waals surface area contributed by atoms with Gasteiger partial charge in [-0.1, -0.05) is 18.2 Å². The van der Waals surface area contributed by atoms with Crippen molar-refractivity contribution in [1.29, 1.82) is 0 Å². The topological polar surface area (TPSA) is 12.0 Å². The lowest BCUT2D eigenvalue weighted by Crippen LogP contribution is -2.30. The Labute approximate surface area is 113 Å². The SMILES string of the molecule is CSCCC(C)NCC1CSc2ccccc21. The molecule has 1 aliphatic heterocycles. The van der Waals surface area contributed by atoms with Crippen LogP contribution in [0, 0.1) is 0 Å². The van der Waals surface area contributed by atoms with Crippen molar-refractivity contribution < 1.29 is 0 Å². The molecule has 2 rings (SSSR count). The quantitative estimate of drug-likeness (QED) is 0.845. The molecule has 0 radical (unpaired) electrons. The Morgan fingerprint density at radius 1 is 1.47 bits per heavy atom. The lowest BCUT2D eigenvalue weighted by Gasteiger charge is -2.17. The van der Waals surface area contributed by atoms with E-state index in [1.807, 2.05) is 23.5 Å². The van der Waals surface area contributed by atoms with Crippen molar-refractivity contribution >= 4 is 23.5 Å². The van der Waals surface area contributed by atoms with Gasteiger partial charge >= 0.3 is 0 Å². The standard InChI is InChI=1S/C14H21NS2/c1-11(7-8-16-2)15-9-12-10-17-14-6-4-3-5-13(12)14/h3-6,11-12,15H,7-10H2,1-2H3. The third-order valence-electron chi connectivity index (χ3n) is 3.27. The molecule has 0 spiro atoms. The highest BCUT2D eigenvalue weighted by Crippen LogP contribution is 2.38. The number of hydrogen-bond donors (Lipinski definition) is 1. The van der Waals surface area contributed by atoms with Crippen molar-refractivity contribution in [2.24, 2.45) is 0 Å². The maximum atomic E-state index is 3.67. The van der Waals surface area contributed by atoms with Crippen molar-refractivity contribution in [2.45, 2.75) is 30.2 Å². The van der Waals surface area contributed by atoms with E-state index in [9.17, 15) is 0 Å². The van der Waals surface area contributed by atoms with E-state index in [1.165, 1.54) is 22.8 Å². The number of rotatable bonds is 6. The van der Waals surface area contributed by atoms with Crippen molar-refractivity contribution in [1.82, 2.24) is 5.32 Å². The molecule has 3 heteroatoms. The molecule has 0 saturated carbocycles. The molecule has 1 nitrogen and oxygen atoms in total. The van der Waals surface area contributed by atoms with Gasteiger partial charge in [-0.05, 0) is 37.0 Å². The second-order valence-corrected chi connectivity index (χ2v) is 6.68. The fourth-order valence-electron chi connectivity index (χ4n) is 2.14. The van der Waals surface area contributed by atoms with Crippen LogP contribution in [0.15, 0.2) is 29.2 Å². The van der Waals surface area contributed by atoms with Gasteiger partial charge in [-0.2, -0.15) is 11.8 Å². The molecule has 1 N–H and O–H groups in total. The molecule has 0 bridgehead atoms. The van der Waals surface area contributed by atoms with Gasteiger partial charge in [0.2, 0.25) is 0 Å². The average Bonchev–Trinajstić information content (AvgIpc) is 2.77. The van der Waals surface area contributed by atoms with Crippen LogP contribution in [-0.4, -0.2) is 30.3 Å². The van der Waals surface area contributed by atoms with Crippen LogP contribution in [0.4, 0.5) is 0 Å². The highest BCUT2D eigenvalue weighted by molar-refractivity contribution is 7.99. The molecular formula is C14H21NS2. The zero-order valence-corrected chi connectivity index (χ0v) is 12.2. The zero-order valence-electron chi connectivity index (χ0n) is 10.6. The Morgan fingerprint density at radius 2 is 2.29 bits per heavy atom. The van der Waals surface area contributed by atoms with Crippen molar-refractivity contribution in [3.05, 3.63) is 29.8 Å². The molecule has 0 amide bonds. The largest absolute Gasteiger partial charge is 0.314 e. The first-order chi connectivity index (χ1) is 8.31. The van der Waals surface area contributed by atoms with Gasteiger partial charge in [-0.15, -0.1) is 11.8 Å². The predicted octanol–water partition coefficient (Wildman–Crippen LogP) is 3.61. The fourth-order valence-corrected chi connectivity index (χ4v) is 3.98. The van der Waals surface area contributed by atoms with Crippen molar-refractivity contribution in [3.63, 3.8) is 0 Å². The van der Waals surface area contributed by atoms with E-state index >= 15 is 0 Å². The van der Waals surface area contributed by atoms with E-state index in [0.29, 0.717) is 12.0 Å². The predicted molar refractivity (Wildman–Crippen MR) is 80.4 cm³/mol. The van der Waals surface area contributed by atoms with Crippen LogP contribution >= 0.6 is 23.5 Å². The van der Waals surface area contributed by atoms with E-state index in [2.05, 4.69) is 42.8 Å². The van der Waals surface area contributed by atoms with Gasteiger partial charge < -0.3 is 5.32 Å². The van der Waals surface area contributed by atoms with Crippen LogP contribution in [0.2, 0.25) is 0 Å². The van der Waals surface area contributed by atoms with Gasteiger partial charge in [0.15, 0.2) is 0 Å². The number of benzene rings is 1. The van der Waals surface area contributed by atoms with E-state index in [0.717, 1.165) is 6.54 Å². The van der Waals surface area contributed by atoms with Crippen LogP contribution in [-0.2, 0) is 0 Å². The Balaban J connectivity index is 1.81. The van der Waals surface area contributed by atoms with E-state index in [-0.39, 0.29) is 0 Å². The minimum atomic E-state index is 0.639. The molecule has 0 aliphatic carbocycles. The summed E-state index contributed by atoms with van der Waals surface area (Å²) in [4.78, 5) is 1.48. The van der Waals surface area contributed by atoms with E-state index in [4.69, 9.17) is 0 Å². The molecule has 1 heterocycles. The maximum Gasteiger partial charge on any atom is 0.0108 e. The average molecular weight is 267 g/mol. The molecule has 2 unspecified atom stereocenters. The van der Waals surface area contributed by atoms with Gasteiger partial charge in [-0.25, -0.2) is 0 Å². The maximum absolute atomic E-state index is 3.67. The zero-order chi connectivity index (χ0) is 12.1. The Bertz CT molecular complexity index is 354. The Kier molecular flexibility index (Phi) is 5.26. The molecule has 1 aromatic rings. The number of nitrogens with one attached hydrogen (secondary N) is 1. The van der Waals surface area contributed by atoms with Gasteiger partial charge in [0.25, 0.3) is 0 Å². The third-order valence-corrected chi connectivity index (χ3v) is 5.16. The molecule has 0 fully saturated rings. The monoisotopic (exact) mass is 267 g/mol. The van der Waals surface area contributed by atoms with Crippen LogP contribution in [0.25, 0.3) is 0 Å². The van der Waals surface area contributed by atoms with Crippen LogP contribution in [0.1, 0.15) is 24.8 Å². The number of fused-ring (bicyclic) bond motifs is 1. The molecular weight excluding hydrogens is 246 g/mol. The van der Waals surface area contributed by atoms with Crippen LogP contribution in [0.5, 0.6) is 0 Å². The smallest absolute Gasteiger partial charge is 0.0108 e. The molecule has 17 heavy (non-hydrogen) atoms.